The van der Waals surface area contributed by atoms with Crippen molar-refractivity contribution in [2.24, 2.45) is 0 Å². The summed E-state index contributed by atoms with van der Waals surface area (Å²) in [6.07, 6.45) is 5.30. The number of ether oxygens (including phenoxy) is 2. The van der Waals surface area contributed by atoms with Gasteiger partial charge in [0.15, 0.2) is 23.3 Å². The molecule has 0 spiro atoms. The van der Waals surface area contributed by atoms with Gasteiger partial charge < -0.3 is 25.0 Å². The number of pyridine rings is 2. The maximum Gasteiger partial charge on any atom is 0.410 e. The molecular weight excluding hydrogens is 1030 g/mol. The van der Waals surface area contributed by atoms with Crippen molar-refractivity contribution in [3.63, 3.8) is 0 Å². The zero-order chi connectivity index (χ0) is 51.0. The van der Waals surface area contributed by atoms with E-state index >= 15 is 8.78 Å². The maximum atomic E-state index is 15.0. The Morgan fingerprint density at radius 2 is 1.19 bits per heavy atom. The van der Waals surface area contributed by atoms with Crippen LogP contribution >= 0.6 is 45.3 Å². The molecule has 20 heteroatoms. The number of aromatic nitrogens is 4. The first-order valence-corrected chi connectivity index (χ1v) is 26.8. The summed E-state index contributed by atoms with van der Waals surface area (Å²) in [6.45, 7) is 5.44. The van der Waals surface area contributed by atoms with E-state index < -0.39 is 23.3 Å². The summed E-state index contributed by atoms with van der Waals surface area (Å²) in [5.74, 6) is -2.70. The lowest BCUT2D eigenvalue weighted by atomic mass is 9.99. The molecule has 4 aromatic carbocycles. The number of benzene rings is 4. The summed E-state index contributed by atoms with van der Waals surface area (Å²) in [5, 5.41) is 7.36. The number of likely N-dealkylation sites (tertiary alicyclic amines) is 1. The number of hydrogen-bond acceptors (Lipinski definition) is 14. The van der Waals surface area contributed by atoms with E-state index in [-0.39, 0.29) is 65.8 Å². The van der Waals surface area contributed by atoms with Crippen molar-refractivity contribution in [1.29, 1.82) is 0 Å². The topological polar surface area (TPSA) is 135 Å². The van der Waals surface area contributed by atoms with E-state index in [0.717, 1.165) is 48.5 Å². The Kier molecular flexibility index (Phi) is 13.7. The molecule has 2 aliphatic heterocycles. The molecule has 0 radical (unpaired) electrons. The highest BCUT2D eigenvalue weighted by molar-refractivity contribution is 7.20. The van der Waals surface area contributed by atoms with Gasteiger partial charge in [-0.15, -0.1) is 45.3 Å². The number of amides is 2. The Bertz CT molecular complexity index is 3700. The number of nitrogens with one attached hydrogen (secondary N) is 2. The number of rotatable bonds is 10. The summed E-state index contributed by atoms with van der Waals surface area (Å²) in [5.41, 5.74) is 6.71. The molecule has 3 unspecified atom stereocenters. The molecule has 374 valence electrons. The van der Waals surface area contributed by atoms with Crippen LogP contribution < -0.4 is 10.6 Å². The van der Waals surface area contributed by atoms with E-state index in [0.29, 0.717) is 38.7 Å². The minimum atomic E-state index is -0.728. The molecule has 6 aromatic heterocycles. The average Bonchev–Trinajstić information content (AvgIpc) is 4.29. The van der Waals surface area contributed by atoms with Crippen LogP contribution in [0.2, 0.25) is 0 Å². The van der Waals surface area contributed by atoms with Gasteiger partial charge in [-0.1, -0.05) is 66.7 Å². The Balaban J connectivity index is 0.000000159. The number of hydrogen-bond donors (Lipinski definition) is 2. The second kappa shape index (κ2) is 20.8. The number of nitrogens with zero attached hydrogens (tertiary/aromatic N) is 6. The van der Waals surface area contributed by atoms with Crippen molar-refractivity contribution in [2.75, 3.05) is 23.7 Å². The van der Waals surface area contributed by atoms with E-state index in [9.17, 15) is 18.4 Å². The summed E-state index contributed by atoms with van der Waals surface area (Å²) in [6, 6.07) is 28.8. The second-order valence-electron chi connectivity index (χ2n) is 17.6. The summed E-state index contributed by atoms with van der Waals surface area (Å²) >= 11 is 5.37. The van der Waals surface area contributed by atoms with Gasteiger partial charge in [-0.2, -0.15) is 0 Å². The summed E-state index contributed by atoms with van der Waals surface area (Å²) in [4.78, 5) is 49.4. The molecule has 0 bridgehead atoms. The Morgan fingerprint density at radius 1 is 0.662 bits per heavy atom. The van der Waals surface area contributed by atoms with Crippen LogP contribution in [-0.2, 0) is 22.7 Å². The molecule has 8 heterocycles. The van der Waals surface area contributed by atoms with Crippen molar-refractivity contribution < 1.29 is 36.6 Å². The average molecular weight is 1070 g/mol. The Labute approximate surface area is 436 Å². The van der Waals surface area contributed by atoms with Crippen LogP contribution in [0.4, 0.5) is 49.9 Å². The fraction of sp³-hybridized carbons (Fsp3) is 0.185. The van der Waals surface area contributed by atoms with Gasteiger partial charge in [0.2, 0.25) is 0 Å². The van der Waals surface area contributed by atoms with Gasteiger partial charge in [-0.3, -0.25) is 4.90 Å². The molecule has 12 rings (SSSR count). The fourth-order valence-electron chi connectivity index (χ4n) is 9.22. The largest absolute Gasteiger partial charge is 0.445 e. The minimum Gasteiger partial charge on any atom is -0.445 e. The predicted molar refractivity (Wildman–Crippen MR) is 286 cm³/mol. The lowest BCUT2D eigenvalue weighted by Crippen LogP contribution is -2.35. The molecule has 2 N–H and O–H groups in total. The molecule has 3 atom stereocenters. The smallest absolute Gasteiger partial charge is 0.410 e. The standard InChI is InChI=1S/C27H22F2N4O2S2.C27H20F2N4O2S2/c2*1-15-17(8-10-33(15)27(34)35-13-16-5-3-2-4-6-16)21-11-18-20(7-9-30-26(18)37-21)32-24-19(28)12-22-25(23(24)29)31-14-36-22/h2-7,9,11-12,14-15,17H,8,10,13H2,1H3,(H,30,32);2-9,11-12,14-15H,10,13H2,1H3,(H,30,32). The van der Waals surface area contributed by atoms with Crippen molar-refractivity contribution >= 4 is 127 Å². The molecule has 0 saturated carbocycles. The van der Waals surface area contributed by atoms with Crippen LogP contribution in [0.15, 0.2) is 127 Å². The number of anilines is 4. The van der Waals surface area contributed by atoms with Crippen LogP contribution in [0, 0.1) is 23.3 Å². The number of thiazole rings is 2. The van der Waals surface area contributed by atoms with Gasteiger partial charge in [0.25, 0.3) is 0 Å². The number of carbonyl (C=O) groups excluding carboxylic acids is 2. The van der Waals surface area contributed by atoms with E-state index in [1.54, 1.807) is 34.3 Å². The first-order valence-electron chi connectivity index (χ1n) is 23.4. The summed E-state index contributed by atoms with van der Waals surface area (Å²) < 4.78 is 71.5. The molecule has 0 aliphatic carbocycles. The highest BCUT2D eigenvalue weighted by atomic mass is 32.1. The van der Waals surface area contributed by atoms with Crippen LogP contribution in [0.3, 0.4) is 0 Å². The molecule has 1 fully saturated rings. The number of halogens is 4. The zero-order valence-electron chi connectivity index (χ0n) is 39.4. The van der Waals surface area contributed by atoms with Crippen LogP contribution in [0.1, 0.15) is 47.1 Å². The van der Waals surface area contributed by atoms with E-state index in [2.05, 4.69) is 30.6 Å². The van der Waals surface area contributed by atoms with E-state index in [1.807, 2.05) is 92.7 Å². The monoisotopic (exact) mass is 1070 g/mol. The Morgan fingerprint density at radius 3 is 1.76 bits per heavy atom. The fourth-order valence-corrected chi connectivity index (χ4v) is 13.0. The molecule has 1 saturated heterocycles. The van der Waals surface area contributed by atoms with Crippen molar-refractivity contribution in [3.8, 4) is 0 Å². The van der Waals surface area contributed by atoms with Gasteiger partial charge in [0.1, 0.15) is 45.3 Å². The number of thiophene rings is 2. The zero-order valence-corrected chi connectivity index (χ0v) is 42.6. The number of carbonyl (C=O) groups is 2. The molecule has 10 aromatic rings. The number of fused-ring (bicyclic) bond motifs is 4. The van der Waals surface area contributed by atoms with Crippen molar-refractivity contribution in [3.05, 3.63) is 171 Å². The normalized spacial score (nSPS) is 16.5. The van der Waals surface area contributed by atoms with Gasteiger partial charge >= 0.3 is 12.2 Å². The molecule has 74 heavy (non-hydrogen) atoms. The highest BCUT2D eigenvalue weighted by Gasteiger charge is 2.37. The first-order chi connectivity index (χ1) is 36.0. The molecule has 2 aliphatic rings. The molecule has 12 nitrogen and oxygen atoms in total. The van der Waals surface area contributed by atoms with Gasteiger partial charge in [0.05, 0.1) is 37.8 Å². The lowest BCUT2D eigenvalue weighted by Gasteiger charge is -2.23. The van der Waals surface area contributed by atoms with Crippen molar-refractivity contribution in [2.45, 2.75) is 51.5 Å². The van der Waals surface area contributed by atoms with E-state index in [4.69, 9.17) is 9.47 Å². The third kappa shape index (κ3) is 9.60. The minimum absolute atomic E-state index is 0.0605. The third-order valence-electron chi connectivity index (χ3n) is 13.2. The van der Waals surface area contributed by atoms with Gasteiger partial charge in [-0.05, 0) is 73.4 Å². The van der Waals surface area contributed by atoms with Gasteiger partial charge in [-0.25, -0.2) is 47.1 Å². The second-order valence-corrected chi connectivity index (χ2v) is 21.4. The first kappa shape index (κ1) is 48.7. The lowest BCUT2D eigenvalue weighted by molar-refractivity contribution is 0.0932. The van der Waals surface area contributed by atoms with E-state index in [1.165, 1.54) is 68.5 Å². The third-order valence-corrected chi connectivity index (χ3v) is 17.0. The Hall–Kier alpha value is -7.52. The highest BCUT2D eigenvalue weighted by Crippen LogP contribution is 2.43. The van der Waals surface area contributed by atoms with Crippen LogP contribution in [-0.4, -0.2) is 67.1 Å². The van der Waals surface area contributed by atoms with Crippen molar-refractivity contribution in [1.82, 2.24) is 29.7 Å². The van der Waals surface area contributed by atoms with Crippen LogP contribution in [0.25, 0.3) is 46.4 Å². The van der Waals surface area contributed by atoms with Crippen LogP contribution in [0.5, 0.6) is 0 Å². The molecule has 2 amide bonds. The maximum absolute atomic E-state index is 15.0. The van der Waals surface area contributed by atoms with Gasteiger partial charge in [0, 0.05) is 58.0 Å². The molecular formula is C54H42F4N8O4S4. The SMILES string of the molecule is CC1C(c2cc3c(Nc4c(F)cc5scnc5c4F)ccnc3s2)=CCN1C(=O)OCc1ccccc1.CC1C(c2cc3c(Nc4c(F)cc5scnc5c4F)ccnc3s2)CCN1C(=O)OCc1ccccc1. The summed E-state index contributed by atoms with van der Waals surface area (Å²) in [7, 11) is 0. The quantitative estimate of drug-likeness (QED) is 0.127. The predicted octanol–water partition coefficient (Wildman–Crippen LogP) is 14.8.